The van der Waals surface area contributed by atoms with Crippen molar-refractivity contribution in [3.63, 3.8) is 0 Å². The monoisotopic (exact) mass is 997 g/mol. The van der Waals surface area contributed by atoms with E-state index in [0.29, 0.717) is 83.9 Å². The highest BCUT2D eigenvalue weighted by Crippen LogP contribution is 2.33. The van der Waals surface area contributed by atoms with E-state index in [1.54, 1.807) is 68.7 Å². The Morgan fingerprint density at radius 2 is 1.22 bits per heavy atom. The average Bonchev–Trinajstić information content (AvgIpc) is 4.13. The predicted molar refractivity (Wildman–Crippen MR) is 269 cm³/mol. The second kappa shape index (κ2) is 21.0. The number of ether oxygens (including phenoxy) is 2. The molecule has 5 heterocycles. The van der Waals surface area contributed by atoms with Gasteiger partial charge in [-0.3, -0.25) is 39.2 Å². The molecule has 0 radical (unpaired) electrons. The van der Waals surface area contributed by atoms with Gasteiger partial charge in [-0.15, -0.1) is 0 Å². The van der Waals surface area contributed by atoms with Gasteiger partial charge in [0.2, 0.25) is 33.7 Å². The third-order valence-corrected chi connectivity index (χ3v) is 14.1. The number of methoxy groups -OCH3 is 1. The molecule has 8 rings (SSSR count). The van der Waals surface area contributed by atoms with Crippen LogP contribution in [0.3, 0.4) is 0 Å². The third kappa shape index (κ3) is 10.4. The van der Waals surface area contributed by atoms with Gasteiger partial charge in [-0.05, 0) is 96.0 Å². The molecule has 7 aromatic rings. The van der Waals surface area contributed by atoms with Crippen LogP contribution in [-0.4, -0.2) is 102 Å². The summed E-state index contributed by atoms with van der Waals surface area (Å²) in [5, 5.41) is 14.7. The zero-order valence-electron chi connectivity index (χ0n) is 40.7. The molecule has 72 heavy (non-hydrogen) atoms. The summed E-state index contributed by atoms with van der Waals surface area (Å²) in [7, 11) is -2.19. The van der Waals surface area contributed by atoms with Crippen LogP contribution in [0.25, 0.3) is 22.1 Å². The fourth-order valence-electron chi connectivity index (χ4n) is 8.59. The predicted octanol–water partition coefficient (Wildman–Crippen LogP) is 5.19. The number of primary amides is 2. The summed E-state index contributed by atoms with van der Waals surface area (Å²) in [6.45, 7) is 10.9. The molecule has 1 aliphatic rings. The van der Waals surface area contributed by atoms with Crippen molar-refractivity contribution in [1.82, 2.24) is 43.0 Å². The molecule has 374 valence electrons. The first-order chi connectivity index (χ1) is 34.5. The minimum Gasteiger partial charge on any atom is -0.494 e. The minimum absolute atomic E-state index is 0.0802. The number of imidazole rings is 2. The first kappa shape index (κ1) is 50.1. The molecule has 0 atom stereocenters. The van der Waals surface area contributed by atoms with E-state index >= 15 is 0 Å². The minimum atomic E-state index is -3.64. The largest absolute Gasteiger partial charge is 0.494 e. The molecular weight excluding hydrogens is 943 g/mol. The number of nitrogens with zero attached hydrogens (tertiary/aromatic N) is 9. The number of nitrogens with one attached hydrogen (secondary N) is 2. The van der Waals surface area contributed by atoms with Gasteiger partial charge < -0.3 is 30.1 Å². The Morgan fingerprint density at radius 3 is 1.69 bits per heavy atom. The summed E-state index contributed by atoms with van der Waals surface area (Å²) in [5.41, 5.74) is 16.2. The van der Waals surface area contributed by atoms with Gasteiger partial charge in [0.15, 0.2) is 0 Å². The molecule has 0 aliphatic carbocycles. The molecule has 0 unspecified atom stereocenters. The molecule has 6 N–H and O–H groups in total. The normalized spacial score (nSPS) is 13.4. The number of carbonyl (C=O) groups is 4. The Labute approximate surface area is 415 Å². The first-order valence-electron chi connectivity index (χ1n) is 23.3. The van der Waals surface area contributed by atoms with Gasteiger partial charge in [-0.1, -0.05) is 41.7 Å². The number of anilines is 2. The molecule has 0 spiro atoms. The summed E-state index contributed by atoms with van der Waals surface area (Å²) >= 11 is 0. The van der Waals surface area contributed by atoms with Gasteiger partial charge in [0.25, 0.3) is 11.8 Å². The lowest BCUT2D eigenvalue weighted by atomic mass is 9.99. The van der Waals surface area contributed by atoms with Crippen molar-refractivity contribution in [1.29, 1.82) is 0 Å². The second-order valence-corrected chi connectivity index (χ2v) is 19.1. The number of carbonyl (C=O) groups excluding carboxylic acids is 4. The SMILES string of the molecule is CCn1nc(C)cc1C(=O)Nc1nc2cc(C(N)=O)cc(OC)c2n1CC=CCn1c(NC(=O)c2cc(C)nn2CC)nc2cc(C(N)=O)cc(OCC#CC3CCN(S(=O)(=O)c4ccc(C)cc4)CC3)c21. The Hall–Kier alpha value is -8.29. The van der Waals surface area contributed by atoms with Crippen molar-refractivity contribution in [2.45, 2.75) is 78.5 Å². The zero-order chi connectivity index (χ0) is 51.4. The molecule has 22 heteroatoms. The first-order valence-corrected chi connectivity index (χ1v) is 24.7. The van der Waals surface area contributed by atoms with Gasteiger partial charge in [0, 0.05) is 56.3 Å². The molecule has 4 amide bonds. The number of rotatable bonds is 17. The number of benzene rings is 3. The lowest BCUT2D eigenvalue weighted by molar-refractivity contribution is 0.0991. The number of aryl methyl sites for hydroxylation is 5. The summed E-state index contributed by atoms with van der Waals surface area (Å²) in [4.78, 5) is 62.4. The Kier molecular flexibility index (Phi) is 14.6. The Balaban J connectivity index is 1.11. The fraction of sp³-hybridized carbons (Fsp3) is 0.320. The van der Waals surface area contributed by atoms with Gasteiger partial charge in [-0.2, -0.15) is 14.5 Å². The number of nitrogens with two attached hydrogens (primary N) is 2. The number of amides is 4. The molecule has 1 fully saturated rings. The quantitative estimate of drug-likeness (QED) is 0.0678. The number of fused-ring (bicyclic) bond motifs is 2. The molecule has 1 saturated heterocycles. The van der Waals surface area contributed by atoms with E-state index in [1.807, 2.05) is 32.9 Å². The smallest absolute Gasteiger partial charge is 0.276 e. The maximum atomic E-state index is 13.9. The lowest BCUT2D eigenvalue weighted by Crippen LogP contribution is -2.38. The van der Waals surface area contributed by atoms with Gasteiger partial charge in [0.1, 0.15) is 40.5 Å². The van der Waals surface area contributed by atoms with E-state index in [2.05, 4.69) is 32.7 Å². The molecular formula is C50H55N13O8S. The molecule has 4 aromatic heterocycles. The van der Waals surface area contributed by atoms with Gasteiger partial charge in [0.05, 0.1) is 34.4 Å². The van der Waals surface area contributed by atoms with Crippen molar-refractivity contribution in [2.75, 3.05) is 37.4 Å². The molecule has 3 aromatic carbocycles. The summed E-state index contributed by atoms with van der Waals surface area (Å²) < 4.78 is 46.7. The number of hydrogen-bond acceptors (Lipinski definition) is 12. The summed E-state index contributed by atoms with van der Waals surface area (Å²) in [6, 6.07) is 16.2. The van der Waals surface area contributed by atoms with Crippen LogP contribution in [0.4, 0.5) is 11.9 Å². The molecule has 0 bridgehead atoms. The van der Waals surface area contributed by atoms with Crippen LogP contribution in [0.5, 0.6) is 11.5 Å². The fourth-order valence-corrected chi connectivity index (χ4v) is 10.1. The lowest BCUT2D eigenvalue weighted by Gasteiger charge is -2.29. The standard InChI is InChI=1S/C50H55N13O8S/c1-7-62-39(24-31(4)57-62)47(66)55-49-53-37-26-34(45(51)64)28-41(70-6)43(37)60(49)19-9-10-20-61-44-38(54-50(61)56-48(67)40-25-32(5)58-63(40)8-2)27-35(46(52)65)29-42(44)71-23-11-12-33-17-21-59(22-18-33)72(68,69)36-15-13-30(3)14-16-36/h9-10,13-16,24-29,33H,7-8,17-23H2,1-6H3,(H2,51,64)(H2,52,65)(H,53,55,66)(H,54,56,67). The van der Waals surface area contributed by atoms with Crippen molar-refractivity contribution < 1.29 is 37.1 Å². The summed E-state index contributed by atoms with van der Waals surface area (Å²) in [6.07, 6.45) is 4.69. The van der Waals surface area contributed by atoms with E-state index in [1.165, 1.54) is 35.7 Å². The molecule has 0 saturated carbocycles. The van der Waals surface area contributed by atoms with E-state index < -0.39 is 33.7 Å². The number of hydrogen-bond donors (Lipinski definition) is 4. The maximum absolute atomic E-state index is 13.9. The van der Waals surface area contributed by atoms with Gasteiger partial charge >= 0.3 is 0 Å². The Morgan fingerprint density at radius 1 is 0.736 bits per heavy atom. The third-order valence-electron chi connectivity index (χ3n) is 12.2. The van der Waals surface area contributed by atoms with Crippen LogP contribution in [0.15, 0.2) is 77.7 Å². The second-order valence-electron chi connectivity index (χ2n) is 17.2. The van der Waals surface area contributed by atoms with Crippen LogP contribution >= 0.6 is 0 Å². The highest BCUT2D eigenvalue weighted by Gasteiger charge is 2.29. The molecule has 21 nitrogen and oxygen atoms in total. The highest BCUT2D eigenvalue weighted by atomic mass is 32.2. The number of aromatic nitrogens is 8. The van der Waals surface area contributed by atoms with Crippen LogP contribution in [0.1, 0.15) is 85.3 Å². The van der Waals surface area contributed by atoms with E-state index in [9.17, 15) is 27.6 Å². The van der Waals surface area contributed by atoms with Crippen molar-refractivity contribution in [3.05, 3.63) is 112 Å². The van der Waals surface area contributed by atoms with Crippen LogP contribution in [0.2, 0.25) is 0 Å². The van der Waals surface area contributed by atoms with E-state index in [0.717, 1.165) is 5.56 Å². The zero-order valence-corrected chi connectivity index (χ0v) is 41.5. The van der Waals surface area contributed by atoms with Crippen molar-refractivity contribution in [2.24, 2.45) is 17.4 Å². The molecule has 1 aliphatic heterocycles. The van der Waals surface area contributed by atoms with Crippen molar-refractivity contribution >= 4 is 67.6 Å². The highest BCUT2D eigenvalue weighted by molar-refractivity contribution is 7.89. The number of allylic oxidation sites excluding steroid dienone is 2. The Bertz CT molecular complexity index is 3460. The van der Waals surface area contributed by atoms with Crippen LogP contribution in [-0.2, 0) is 36.2 Å². The van der Waals surface area contributed by atoms with E-state index in [-0.39, 0.29) is 65.0 Å². The summed E-state index contributed by atoms with van der Waals surface area (Å²) in [5.74, 6) is 4.65. The maximum Gasteiger partial charge on any atom is 0.276 e. The average molecular weight is 998 g/mol. The number of sulfonamides is 1. The van der Waals surface area contributed by atoms with Crippen LogP contribution < -0.4 is 31.6 Å². The van der Waals surface area contributed by atoms with E-state index in [4.69, 9.17) is 30.9 Å². The number of piperidine rings is 1. The van der Waals surface area contributed by atoms with Gasteiger partial charge in [-0.25, -0.2) is 18.4 Å². The topological polar surface area (TPSA) is 272 Å². The van der Waals surface area contributed by atoms with Crippen molar-refractivity contribution in [3.8, 4) is 23.3 Å². The van der Waals surface area contributed by atoms with Crippen LogP contribution in [0, 0.1) is 38.5 Å².